The highest BCUT2D eigenvalue weighted by Gasteiger charge is 2.29. The Morgan fingerprint density at radius 3 is 2.41 bits per heavy atom. The van der Waals surface area contributed by atoms with Crippen LogP contribution < -0.4 is 10.6 Å². The van der Waals surface area contributed by atoms with Crippen molar-refractivity contribution in [2.45, 2.75) is 39.7 Å². The number of rotatable bonds is 3. The number of nitrogens with two attached hydrogens (primary N) is 1. The number of anilines is 1. The molecule has 0 amide bonds. The average molecular weight is 232 g/mol. The Morgan fingerprint density at radius 2 is 1.94 bits per heavy atom. The van der Waals surface area contributed by atoms with Crippen LogP contribution in [0.3, 0.4) is 0 Å². The molecule has 1 aliphatic rings. The van der Waals surface area contributed by atoms with Gasteiger partial charge in [-0.05, 0) is 36.0 Å². The summed E-state index contributed by atoms with van der Waals surface area (Å²) in [5.41, 5.74) is 9.06. The fraction of sp³-hybridized carbons (Fsp3) is 0.600. The van der Waals surface area contributed by atoms with Crippen LogP contribution in [0.25, 0.3) is 0 Å². The summed E-state index contributed by atoms with van der Waals surface area (Å²) in [4.78, 5) is 2.47. The third-order valence-corrected chi connectivity index (χ3v) is 3.80. The topological polar surface area (TPSA) is 29.3 Å². The van der Waals surface area contributed by atoms with E-state index in [0.29, 0.717) is 5.41 Å². The van der Waals surface area contributed by atoms with Crippen molar-refractivity contribution in [3.8, 4) is 0 Å². The van der Waals surface area contributed by atoms with E-state index in [1.54, 1.807) is 0 Å². The minimum absolute atomic E-state index is 0.180. The van der Waals surface area contributed by atoms with Crippen molar-refractivity contribution >= 4 is 5.69 Å². The number of nitrogens with zero attached hydrogens (tertiary/aromatic N) is 1. The molecule has 2 rings (SSSR count). The Morgan fingerprint density at radius 1 is 1.29 bits per heavy atom. The zero-order valence-corrected chi connectivity index (χ0v) is 11.2. The summed E-state index contributed by atoms with van der Waals surface area (Å²) < 4.78 is 0. The van der Waals surface area contributed by atoms with Crippen LogP contribution in [-0.4, -0.2) is 13.1 Å². The lowest BCUT2D eigenvalue weighted by Gasteiger charge is -2.22. The molecule has 2 heteroatoms. The Balaban J connectivity index is 2.09. The third-order valence-electron chi connectivity index (χ3n) is 3.80. The highest BCUT2D eigenvalue weighted by molar-refractivity contribution is 5.49. The molecular weight excluding hydrogens is 208 g/mol. The van der Waals surface area contributed by atoms with Crippen LogP contribution in [-0.2, 0) is 0 Å². The second-order valence-electron chi connectivity index (χ2n) is 5.94. The van der Waals surface area contributed by atoms with Crippen LogP contribution in [0.2, 0.25) is 0 Å². The molecule has 0 spiro atoms. The minimum Gasteiger partial charge on any atom is -0.371 e. The van der Waals surface area contributed by atoms with Gasteiger partial charge in [-0.15, -0.1) is 0 Å². The highest BCUT2D eigenvalue weighted by Crippen LogP contribution is 2.32. The van der Waals surface area contributed by atoms with Gasteiger partial charge in [0.15, 0.2) is 0 Å². The van der Waals surface area contributed by atoms with E-state index >= 15 is 0 Å². The fourth-order valence-electron chi connectivity index (χ4n) is 2.50. The van der Waals surface area contributed by atoms with Crippen LogP contribution >= 0.6 is 0 Å². The summed E-state index contributed by atoms with van der Waals surface area (Å²) in [6.45, 7) is 9.14. The van der Waals surface area contributed by atoms with Gasteiger partial charge in [0.25, 0.3) is 0 Å². The molecule has 0 unspecified atom stereocenters. The van der Waals surface area contributed by atoms with Gasteiger partial charge in [-0.2, -0.15) is 0 Å². The average Bonchev–Trinajstić information content (AvgIpc) is 2.69. The van der Waals surface area contributed by atoms with Gasteiger partial charge in [-0.1, -0.05) is 32.9 Å². The molecule has 0 bridgehead atoms. The molecule has 1 saturated heterocycles. The van der Waals surface area contributed by atoms with E-state index in [4.69, 9.17) is 5.73 Å². The van der Waals surface area contributed by atoms with Gasteiger partial charge >= 0.3 is 0 Å². The van der Waals surface area contributed by atoms with E-state index in [2.05, 4.69) is 49.9 Å². The molecule has 1 aliphatic heterocycles. The van der Waals surface area contributed by atoms with Crippen molar-refractivity contribution in [1.82, 2.24) is 0 Å². The molecular formula is C15H24N2. The summed E-state index contributed by atoms with van der Waals surface area (Å²) in [6.07, 6.45) is 2.28. The van der Waals surface area contributed by atoms with Crippen LogP contribution in [0.4, 0.5) is 5.69 Å². The monoisotopic (exact) mass is 232 g/mol. The maximum absolute atomic E-state index is 6.03. The van der Waals surface area contributed by atoms with Crippen molar-refractivity contribution in [3.05, 3.63) is 29.8 Å². The summed E-state index contributed by atoms with van der Waals surface area (Å²) in [5.74, 6) is 0. The summed E-state index contributed by atoms with van der Waals surface area (Å²) in [6, 6.07) is 8.96. The highest BCUT2D eigenvalue weighted by atomic mass is 15.2. The summed E-state index contributed by atoms with van der Waals surface area (Å²) in [7, 11) is 0. The molecule has 94 valence electrons. The quantitative estimate of drug-likeness (QED) is 0.866. The smallest absolute Gasteiger partial charge is 0.0366 e. The standard InChI is InChI=1S/C15H24N2/c1-4-14(16)12-5-7-13(8-6-12)17-10-9-15(2,3)11-17/h5-8,14H,4,9-11,16H2,1-3H3/t14-/m1/s1. The largest absolute Gasteiger partial charge is 0.371 e. The van der Waals surface area contributed by atoms with Gasteiger partial charge in [0, 0.05) is 24.8 Å². The first-order valence-corrected chi connectivity index (χ1v) is 6.62. The van der Waals surface area contributed by atoms with Gasteiger partial charge in [-0.25, -0.2) is 0 Å². The van der Waals surface area contributed by atoms with E-state index in [1.807, 2.05) is 0 Å². The van der Waals surface area contributed by atoms with E-state index < -0.39 is 0 Å². The van der Waals surface area contributed by atoms with Gasteiger partial charge in [-0.3, -0.25) is 0 Å². The van der Waals surface area contributed by atoms with Crippen molar-refractivity contribution in [2.24, 2.45) is 11.1 Å². The zero-order valence-electron chi connectivity index (χ0n) is 11.2. The van der Waals surface area contributed by atoms with Crippen LogP contribution in [0.1, 0.15) is 45.2 Å². The number of benzene rings is 1. The molecule has 0 aliphatic carbocycles. The van der Waals surface area contributed by atoms with Crippen LogP contribution in [0.5, 0.6) is 0 Å². The van der Waals surface area contributed by atoms with Crippen LogP contribution in [0.15, 0.2) is 24.3 Å². The molecule has 1 fully saturated rings. The van der Waals surface area contributed by atoms with Crippen molar-refractivity contribution in [3.63, 3.8) is 0 Å². The van der Waals surface area contributed by atoms with E-state index in [-0.39, 0.29) is 6.04 Å². The lowest BCUT2D eigenvalue weighted by atomic mass is 9.93. The van der Waals surface area contributed by atoms with Crippen molar-refractivity contribution in [1.29, 1.82) is 0 Å². The summed E-state index contributed by atoms with van der Waals surface area (Å²) >= 11 is 0. The molecule has 1 aromatic carbocycles. The minimum atomic E-state index is 0.180. The Hall–Kier alpha value is -1.02. The molecule has 2 N–H and O–H groups in total. The van der Waals surface area contributed by atoms with Crippen molar-refractivity contribution in [2.75, 3.05) is 18.0 Å². The lowest BCUT2D eigenvalue weighted by molar-refractivity contribution is 0.418. The molecule has 1 heterocycles. The third kappa shape index (κ3) is 2.81. The maximum atomic E-state index is 6.03. The maximum Gasteiger partial charge on any atom is 0.0366 e. The molecule has 17 heavy (non-hydrogen) atoms. The van der Waals surface area contributed by atoms with Gasteiger partial charge in [0.2, 0.25) is 0 Å². The number of hydrogen-bond donors (Lipinski definition) is 1. The van der Waals surface area contributed by atoms with Gasteiger partial charge in [0.1, 0.15) is 0 Å². The van der Waals surface area contributed by atoms with Gasteiger partial charge in [0.05, 0.1) is 0 Å². The normalized spacial score (nSPS) is 20.6. The first kappa shape index (κ1) is 12.4. The number of hydrogen-bond acceptors (Lipinski definition) is 2. The summed E-state index contributed by atoms with van der Waals surface area (Å²) in [5, 5.41) is 0. The fourth-order valence-corrected chi connectivity index (χ4v) is 2.50. The Labute approximate surface area is 105 Å². The van der Waals surface area contributed by atoms with Gasteiger partial charge < -0.3 is 10.6 Å². The molecule has 0 saturated carbocycles. The van der Waals surface area contributed by atoms with E-state index in [9.17, 15) is 0 Å². The second kappa shape index (κ2) is 4.69. The second-order valence-corrected chi connectivity index (χ2v) is 5.94. The van der Waals surface area contributed by atoms with Crippen molar-refractivity contribution < 1.29 is 0 Å². The molecule has 2 nitrogen and oxygen atoms in total. The first-order chi connectivity index (χ1) is 8.02. The van der Waals surface area contributed by atoms with E-state index in [1.165, 1.54) is 24.2 Å². The predicted octanol–water partition coefficient (Wildman–Crippen LogP) is 3.33. The molecule has 0 radical (unpaired) electrons. The lowest BCUT2D eigenvalue weighted by Crippen LogP contribution is -2.22. The SMILES string of the molecule is CC[C@@H](N)c1ccc(N2CCC(C)(C)C2)cc1. The molecule has 1 aromatic rings. The molecule has 1 atom stereocenters. The molecule has 0 aromatic heterocycles. The Bertz CT molecular complexity index is 367. The zero-order chi connectivity index (χ0) is 12.5. The first-order valence-electron chi connectivity index (χ1n) is 6.62. The van der Waals surface area contributed by atoms with E-state index in [0.717, 1.165) is 13.0 Å². The predicted molar refractivity (Wildman–Crippen MR) is 74.3 cm³/mol. The van der Waals surface area contributed by atoms with Crippen LogP contribution in [0, 0.1) is 5.41 Å². The Kier molecular flexibility index (Phi) is 3.43.